The topological polar surface area (TPSA) is 83.8 Å². The number of carbonyl (C=O) groups is 1. The van der Waals surface area contributed by atoms with Gasteiger partial charge in [0.25, 0.3) is 0 Å². The van der Waals surface area contributed by atoms with E-state index in [0.29, 0.717) is 13.0 Å². The van der Waals surface area contributed by atoms with Crippen LogP contribution in [0.2, 0.25) is 0 Å². The van der Waals surface area contributed by atoms with Crippen molar-refractivity contribution in [3.63, 3.8) is 0 Å². The maximum absolute atomic E-state index is 11.8. The zero-order valence-corrected chi connectivity index (χ0v) is 11.5. The Bertz CT molecular complexity index is 384. The average molecular weight is 252 g/mol. The molecule has 0 aliphatic carbocycles. The molecule has 1 heterocycles. The average Bonchev–Trinajstić information content (AvgIpc) is 2.70. The minimum Gasteiger partial charge on any atom is -0.355 e. The summed E-state index contributed by atoms with van der Waals surface area (Å²) in [6.45, 7) is 6.46. The number of nitrogens with one attached hydrogen (secondary N) is 2. The smallest absolute Gasteiger partial charge is 0.239 e. The molecule has 1 rings (SSSR count). The van der Waals surface area contributed by atoms with E-state index in [9.17, 15) is 4.79 Å². The number of hydrogen-bond donors (Lipinski definition) is 3. The van der Waals surface area contributed by atoms with E-state index in [2.05, 4.69) is 15.5 Å². The van der Waals surface area contributed by atoms with Crippen LogP contribution in [0.3, 0.4) is 0 Å². The summed E-state index contributed by atoms with van der Waals surface area (Å²) in [7, 11) is 0. The monoisotopic (exact) mass is 252 g/mol. The highest BCUT2D eigenvalue weighted by Gasteiger charge is 2.26. The second-order valence-electron chi connectivity index (χ2n) is 5.05. The lowest BCUT2D eigenvalue weighted by Gasteiger charge is -2.22. The van der Waals surface area contributed by atoms with Gasteiger partial charge < -0.3 is 11.1 Å². The molecule has 0 radical (unpaired) electrons. The van der Waals surface area contributed by atoms with Crippen molar-refractivity contribution in [2.24, 2.45) is 5.73 Å². The first-order chi connectivity index (χ1) is 8.47. The van der Waals surface area contributed by atoms with Gasteiger partial charge in [0.1, 0.15) is 0 Å². The van der Waals surface area contributed by atoms with Gasteiger partial charge in [0.2, 0.25) is 5.91 Å². The van der Waals surface area contributed by atoms with Gasteiger partial charge in [-0.3, -0.25) is 9.89 Å². The number of aromatic nitrogens is 2. The van der Waals surface area contributed by atoms with Gasteiger partial charge in [0.05, 0.1) is 11.7 Å². The molecular formula is C13H24N4O. The maximum Gasteiger partial charge on any atom is 0.239 e. The lowest BCUT2D eigenvalue weighted by atomic mass is 9.96. The van der Waals surface area contributed by atoms with Gasteiger partial charge in [-0.1, -0.05) is 13.3 Å². The predicted molar refractivity (Wildman–Crippen MR) is 72.2 cm³/mol. The Balaban J connectivity index is 2.26. The number of rotatable bonds is 7. The zero-order valence-electron chi connectivity index (χ0n) is 11.5. The molecule has 0 saturated carbocycles. The number of aromatic amines is 1. The van der Waals surface area contributed by atoms with Crippen LogP contribution in [0.15, 0.2) is 6.20 Å². The molecule has 1 amide bonds. The minimum atomic E-state index is -0.750. The van der Waals surface area contributed by atoms with E-state index in [1.54, 1.807) is 6.92 Å². The van der Waals surface area contributed by atoms with E-state index >= 15 is 0 Å². The van der Waals surface area contributed by atoms with E-state index in [0.717, 1.165) is 25.0 Å². The molecular weight excluding hydrogens is 228 g/mol. The lowest BCUT2D eigenvalue weighted by Crippen LogP contribution is -2.51. The van der Waals surface area contributed by atoms with Gasteiger partial charge in [0, 0.05) is 12.2 Å². The molecule has 5 nitrogen and oxygen atoms in total. The van der Waals surface area contributed by atoms with Crippen LogP contribution in [0.5, 0.6) is 0 Å². The number of H-pyrrole nitrogens is 1. The quantitative estimate of drug-likeness (QED) is 0.639. The fourth-order valence-electron chi connectivity index (χ4n) is 1.94. The van der Waals surface area contributed by atoms with Crippen molar-refractivity contribution in [1.82, 2.24) is 15.5 Å². The summed E-state index contributed by atoms with van der Waals surface area (Å²) >= 11 is 0. The number of amides is 1. The number of nitrogens with two attached hydrogens (primary N) is 1. The molecule has 1 aromatic rings. The summed E-state index contributed by atoms with van der Waals surface area (Å²) in [5.74, 6) is -0.0618. The summed E-state index contributed by atoms with van der Waals surface area (Å²) in [5.41, 5.74) is 7.49. The van der Waals surface area contributed by atoms with Crippen LogP contribution in [-0.2, 0) is 11.2 Å². The molecule has 4 N–H and O–H groups in total. The molecule has 0 saturated heterocycles. The number of nitrogens with zero attached hydrogens (tertiary/aromatic N) is 1. The summed E-state index contributed by atoms with van der Waals surface area (Å²) < 4.78 is 0. The van der Waals surface area contributed by atoms with Crippen molar-refractivity contribution in [2.75, 3.05) is 6.54 Å². The highest BCUT2D eigenvalue weighted by Crippen LogP contribution is 2.09. The van der Waals surface area contributed by atoms with Gasteiger partial charge in [-0.2, -0.15) is 5.10 Å². The molecule has 1 unspecified atom stereocenters. The first-order valence-corrected chi connectivity index (χ1v) is 6.53. The van der Waals surface area contributed by atoms with Crippen molar-refractivity contribution in [3.05, 3.63) is 17.5 Å². The Hall–Kier alpha value is -1.36. The Morgan fingerprint density at radius 2 is 2.33 bits per heavy atom. The molecule has 1 atom stereocenters. The van der Waals surface area contributed by atoms with Crippen molar-refractivity contribution in [2.45, 2.75) is 52.0 Å². The molecule has 0 aliphatic rings. The molecule has 0 fully saturated rings. The van der Waals surface area contributed by atoms with Crippen LogP contribution in [0.4, 0.5) is 0 Å². The zero-order chi connectivity index (χ0) is 13.6. The van der Waals surface area contributed by atoms with E-state index in [1.807, 2.05) is 20.0 Å². The molecule has 1 aromatic heterocycles. The van der Waals surface area contributed by atoms with Crippen LogP contribution < -0.4 is 11.1 Å². The molecule has 0 aromatic carbocycles. The minimum absolute atomic E-state index is 0.0618. The van der Waals surface area contributed by atoms with Gasteiger partial charge >= 0.3 is 0 Å². The Labute approximate surface area is 109 Å². The molecule has 0 aliphatic heterocycles. The summed E-state index contributed by atoms with van der Waals surface area (Å²) in [6, 6.07) is 0. The van der Waals surface area contributed by atoms with Crippen molar-refractivity contribution < 1.29 is 4.79 Å². The van der Waals surface area contributed by atoms with Gasteiger partial charge in [-0.15, -0.1) is 0 Å². The molecule has 102 valence electrons. The predicted octanol–water partition coefficient (Wildman–Crippen LogP) is 1.28. The number of hydrogen-bond acceptors (Lipinski definition) is 3. The third-order valence-electron chi connectivity index (χ3n) is 3.13. The first kappa shape index (κ1) is 14.7. The Morgan fingerprint density at radius 1 is 1.61 bits per heavy atom. The second kappa shape index (κ2) is 6.54. The van der Waals surface area contributed by atoms with Crippen LogP contribution in [0, 0.1) is 6.92 Å². The largest absolute Gasteiger partial charge is 0.355 e. The maximum atomic E-state index is 11.8. The Kier molecular flexibility index (Phi) is 5.34. The third kappa shape index (κ3) is 4.14. The van der Waals surface area contributed by atoms with Crippen LogP contribution in [0.1, 0.15) is 44.4 Å². The number of aryl methyl sites for hydroxylation is 2. The third-order valence-corrected chi connectivity index (χ3v) is 3.13. The highest BCUT2D eigenvalue weighted by molar-refractivity contribution is 5.85. The summed E-state index contributed by atoms with van der Waals surface area (Å²) in [5, 5.41) is 9.76. The standard InChI is InChI=1S/C13H24N4O/c1-4-7-13(3,14)12(18)15-8-5-6-11-9-16-17-10(11)2/h9H,4-8,14H2,1-3H3,(H,15,18)(H,16,17). The van der Waals surface area contributed by atoms with Gasteiger partial charge in [-0.25, -0.2) is 0 Å². The van der Waals surface area contributed by atoms with Gasteiger partial charge in [0.15, 0.2) is 0 Å². The first-order valence-electron chi connectivity index (χ1n) is 6.53. The molecule has 0 bridgehead atoms. The fourth-order valence-corrected chi connectivity index (χ4v) is 1.94. The van der Waals surface area contributed by atoms with Crippen molar-refractivity contribution in [1.29, 1.82) is 0 Å². The molecule has 18 heavy (non-hydrogen) atoms. The molecule has 5 heteroatoms. The fraction of sp³-hybridized carbons (Fsp3) is 0.692. The van der Waals surface area contributed by atoms with E-state index in [-0.39, 0.29) is 5.91 Å². The van der Waals surface area contributed by atoms with Crippen LogP contribution in [0.25, 0.3) is 0 Å². The van der Waals surface area contributed by atoms with Crippen LogP contribution >= 0.6 is 0 Å². The van der Waals surface area contributed by atoms with Gasteiger partial charge in [-0.05, 0) is 38.7 Å². The van der Waals surface area contributed by atoms with Crippen LogP contribution in [-0.4, -0.2) is 28.2 Å². The molecule has 0 spiro atoms. The number of carbonyl (C=O) groups excluding carboxylic acids is 1. The SMILES string of the molecule is CCCC(C)(N)C(=O)NCCCc1cn[nH]c1C. The summed E-state index contributed by atoms with van der Waals surface area (Å²) in [6.07, 6.45) is 5.27. The second-order valence-corrected chi connectivity index (χ2v) is 5.05. The normalized spacial score (nSPS) is 14.2. The lowest BCUT2D eigenvalue weighted by molar-refractivity contribution is -0.126. The Morgan fingerprint density at radius 3 is 2.89 bits per heavy atom. The summed E-state index contributed by atoms with van der Waals surface area (Å²) in [4.78, 5) is 11.8. The van der Waals surface area contributed by atoms with Crippen molar-refractivity contribution >= 4 is 5.91 Å². The highest BCUT2D eigenvalue weighted by atomic mass is 16.2. The van der Waals surface area contributed by atoms with Crippen molar-refractivity contribution in [3.8, 4) is 0 Å². The van der Waals surface area contributed by atoms with E-state index in [4.69, 9.17) is 5.73 Å². The van der Waals surface area contributed by atoms with E-state index in [1.165, 1.54) is 5.56 Å². The van der Waals surface area contributed by atoms with E-state index < -0.39 is 5.54 Å².